The molecule has 118 valence electrons. The van der Waals surface area contributed by atoms with Crippen LogP contribution in [0.25, 0.3) is 0 Å². The number of nitrogens with one attached hydrogen (secondary N) is 1. The molecule has 0 aliphatic carbocycles. The van der Waals surface area contributed by atoms with Crippen molar-refractivity contribution in [1.82, 2.24) is 0 Å². The van der Waals surface area contributed by atoms with Gasteiger partial charge in [0.2, 0.25) is 0 Å². The fourth-order valence-electron chi connectivity index (χ4n) is 1.89. The second-order valence-electron chi connectivity index (χ2n) is 4.80. The Bertz CT molecular complexity index is 629. The number of benzene rings is 2. The molecule has 0 unspecified atom stereocenters. The summed E-state index contributed by atoms with van der Waals surface area (Å²) in [6.45, 7) is 4.13. The highest BCUT2D eigenvalue weighted by molar-refractivity contribution is 14.1. The highest BCUT2D eigenvalue weighted by Crippen LogP contribution is 2.17. The maximum absolute atomic E-state index is 11.9. The molecule has 0 saturated heterocycles. The van der Waals surface area contributed by atoms with Crippen LogP contribution in [0.3, 0.4) is 0 Å². The van der Waals surface area contributed by atoms with Crippen LogP contribution in [0.5, 0.6) is 5.75 Å². The molecule has 3 nitrogen and oxygen atoms in total. The monoisotopic (exact) mass is 475 g/mol. The van der Waals surface area contributed by atoms with Crippen molar-refractivity contribution in [1.29, 1.82) is 0 Å². The van der Waals surface area contributed by atoms with Gasteiger partial charge in [-0.1, -0.05) is 19.1 Å². The minimum atomic E-state index is -0.157. The maximum atomic E-state index is 11.9. The van der Waals surface area contributed by atoms with E-state index >= 15 is 0 Å². The quantitative estimate of drug-likeness (QED) is 0.633. The molecule has 0 aliphatic rings. The molecule has 2 aromatic rings. The Balaban J connectivity index is 0.00000242. The summed E-state index contributed by atoms with van der Waals surface area (Å²) >= 11 is 2.27. The minimum Gasteiger partial charge on any atom is -0.484 e. The van der Waals surface area contributed by atoms with Crippen molar-refractivity contribution in [2.75, 3.05) is 11.9 Å². The van der Waals surface area contributed by atoms with E-state index in [0.717, 1.165) is 17.7 Å². The molecule has 0 heterocycles. The van der Waals surface area contributed by atoms with Crippen LogP contribution in [0.1, 0.15) is 18.1 Å². The second-order valence-corrected chi connectivity index (χ2v) is 5.96. The molecule has 5 heteroatoms. The van der Waals surface area contributed by atoms with E-state index < -0.39 is 0 Å². The Kier molecular flexibility index (Phi) is 7.89. The number of hydrogen-bond acceptors (Lipinski definition) is 2. The molecular weight excluding hydrogens is 457 g/mol. The molecule has 0 saturated carbocycles. The predicted octanol–water partition coefficient (Wildman–Crippen LogP) is 4.76. The molecule has 0 atom stereocenters. The molecule has 2 rings (SSSR count). The smallest absolute Gasteiger partial charge is 0.262 e. The van der Waals surface area contributed by atoms with E-state index in [2.05, 4.69) is 34.8 Å². The van der Waals surface area contributed by atoms with Gasteiger partial charge in [0, 0.05) is 9.26 Å². The van der Waals surface area contributed by atoms with E-state index in [1.807, 2.05) is 49.4 Å². The van der Waals surface area contributed by atoms with E-state index in [9.17, 15) is 4.79 Å². The molecule has 0 bridgehead atoms. The lowest BCUT2D eigenvalue weighted by atomic mass is 10.2. The first-order chi connectivity index (χ1) is 10.1. The Morgan fingerprint density at radius 1 is 1.18 bits per heavy atom. The van der Waals surface area contributed by atoms with Crippen molar-refractivity contribution in [2.24, 2.45) is 0 Å². The summed E-state index contributed by atoms with van der Waals surface area (Å²) in [7, 11) is 0. The van der Waals surface area contributed by atoms with Crippen molar-refractivity contribution in [3.63, 3.8) is 0 Å². The lowest BCUT2D eigenvalue weighted by molar-refractivity contribution is -0.118. The Morgan fingerprint density at radius 2 is 1.86 bits per heavy atom. The summed E-state index contributed by atoms with van der Waals surface area (Å²) in [4.78, 5) is 11.9. The van der Waals surface area contributed by atoms with Gasteiger partial charge in [-0.05, 0) is 77.4 Å². The molecule has 1 N–H and O–H groups in total. The average molecular weight is 476 g/mol. The number of amides is 1. The zero-order valence-electron chi connectivity index (χ0n) is 12.6. The summed E-state index contributed by atoms with van der Waals surface area (Å²) in [5.74, 6) is 0.552. The standard InChI is InChI=1S/C17H18INO2.BrH/c1-3-13-4-7-15(8-5-13)21-11-17(20)19-14-6-9-16(18)12(2)10-14;/h4-10H,3,11H2,1-2H3,(H,19,20);1H. The number of halogens is 2. The zero-order chi connectivity index (χ0) is 15.2. The number of ether oxygens (including phenoxy) is 1. The van der Waals surface area contributed by atoms with Crippen LogP contribution in [-0.2, 0) is 11.2 Å². The third-order valence-electron chi connectivity index (χ3n) is 3.14. The van der Waals surface area contributed by atoms with E-state index in [4.69, 9.17) is 4.74 Å². The van der Waals surface area contributed by atoms with Crippen molar-refractivity contribution >= 4 is 51.2 Å². The van der Waals surface area contributed by atoms with Crippen LogP contribution in [0.2, 0.25) is 0 Å². The number of carbonyl (C=O) groups is 1. The van der Waals surface area contributed by atoms with Crippen molar-refractivity contribution < 1.29 is 9.53 Å². The van der Waals surface area contributed by atoms with E-state index in [0.29, 0.717) is 5.75 Å². The van der Waals surface area contributed by atoms with Gasteiger partial charge in [-0.15, -0.1) is 17.0 Å². The lowest BCUT2D eigenvalue weighted by Crippen LogP contribution is -2.20. The van der Waals surface area contributed by atoms with Crippen molar-refractivity contribution in [3.05, 3.63) is 57.2 Å². The largest absolute Gasteiger partial charge is 0.484 e. The van der Waals surface area contributed by atoms with Gasteiger partial charge in [-0.25, -0.2) is 0 Å². The molecular formula is C17H19BrINO2. The van der Waals surface area contributed by atoms with E-state index in [1.165, 1.54) is 9.13 Å². The maximum Gasteiger partial charge on any atom is 0.262 e. The fraction of sp³-hybridized carbons (Fsp3) is 0.235. The first-order valence-electron chi connectivity index (χ1n) is 6.86. The molecule has 0 aromatic heterocycles. The van der Waals surface area contributed by atoms with Crippen LogP contribution in [0.15, 0.2) is 42.5 Å². The van der Waals surface area contributed by atoms with Crippen molar-refractivity contribution in [2.45, 2.75) is 20.3 Å². The van der Waals surface area contributed by atoms with Gasteiger partial charge in [-0.2, -0.15) is 0 Å². The van der Waals surface area contributed by atoms with Crippen LogP contribution in [0.4, 0.5) is 5.69 Å². The third kappa shape index (κ3) is 5.61. The SMILES string of the molecule is Br.CCc1ccc(OCC(=O)Nc2ccc(I)c(C)c2)cc1. The number of aryl methyl sites for hydroxylation is 2. The third-order valence-corrected chi connectivity index (χ3v) is 4.35. The van der Waals surface area contributed by atoms with E-state index in [-0.39, 0.29) is 29.5 Å². The van der Waals surface area contributed by atoms with Gasteiger partial charge in [0.1, 0.15) is 5.75 Å². The fourth-order valence-corrected chi connectivity index (χ4v) is 2.23. The summed E-state index contributed by atoms with van der Waals surface area (Å²) in [5, 5.41) is 2.84. The summed E-state index contributed by atoms with van der Waals surface area (Å²) in [5.41, 5.74) is 3.19. The molecule has 0 aliphatic heterocycles. The normalized spacial score (nSPS) is 9.77. The first kappa shape index (κ1) is 19.0. The number of carbonyl (C=O) groups excluding carboxylic acids is 1. The molecule has 2 aromatic carbocycles. The van der Waals surface area contributed by atoms with Crippen molar-refractivity contribution in [3.8, 4) is 5.75 Å². The Morgan fingerprint density at radius 3 is 2.45 bits per heavy atom. The highest BCUT2D eigenvalue weighted by atomic mass is 127. The van der Waals surface area contributed by atoms with Crippen LogP contribution in [-0.4, -0.2) is 12.5 Å². The lowest BCUT2D eigenvalue weighted by Gasteiger charge is -2.09. The summed E-state index contributed by atoms with van der Waals surface area (Å²) < 4.78 is 6.66. The van der Waals surface area contributed by atoms with Gasteiger partial charge < -0.3 is 10.1 Å². The molecule has 22 heavy (non-hydrogen) atoms. The first-order valence-corrected chi connectivity index (χ1v) is 7.94. The number of rotatable bonds is 5. The van der Waals surface area contributed by atoms with E-state index in [1.54, 1.807) is 0 Å². The second kappa shape index (κ2) is 9.15. The molecule has 0 fully saturated rings. The van der Waals surface area contributed by atoms with Crippen LogP contribution >= 0.6 is 39.6 Å². The van der Waals surface area contributed by atoms with Gasteiger partial charge in [0.15, 0.2) is 6.61 Å². The van der Waals surface area contributed by atoms with Crippen LogP contribution in [0, 0.1) is 10.5 Å². The molecule has 1 amide bonds. The Labute approximate surface area is 155 Å². The van der Waals surface area contributed by atoms with Gasteiger partial charge in [0.25, 0.3) is 5.91 Å². The topological polar surface area (TPSA) is 38.3 Å². The van der Waals surface area contributed by atoms with Gasteiger partial charge >= 0.3 is 0 Å². The summed E-state index contributed by atoms with van der Waals surface area (Å²) in [6, 6.07) is 13.6. The highest BCUT2D eigenvalue weighted by Gasteiger charge is 2.05. The molecule has 0 spiro atoms. The summed E-state index contributed by atoms with van der Waals surface area (Å²) in [6.07, 6.45) is 0.993. The minimum absolute atomic E-state index is 0. The van der Waals surface area contributed by atoms with Crippen LogP contribution < -0.4 is 10.1 Å². The molecule has 0 radical (unpaired) electrons. The van der Waals surface area contributed by atoms with Gasteiger partial charge in [-0.3, -0.25) is 4.79 Å². The zero-order valence-corrected chi connectivity index (χ0v) is 16.4. The number of hydrogen-bond donors (Lipinski definition) is 1. The average Bonchev–Trinajstić information content (AvgIpc) is 2.49. The van der Waals surface area contributed by atoms with Gasteiger partial charge in [0.05, 0.1) is 0 Å². The predicted molar refractivity (Wildman–Crippen MR) is 104 cm³/mol. The Hall–Kier alpha value is -1.08. The number of anilines is 1.